The minimum Gasteiger partial charge on any atom is -0.374 e. The average molecular weight is 520 g/mol. The first-order valence-electron chi connectivity index (χ1n) is 9.66. The molecule has 2 aromatic rings. The molecule has 1 aliphatic heterocycles. The van der Waals surface area contributed by atoms with Crippen molar-refractivity contribution >= 4 is 43.9 Å². The lowest BCUT2D eigenvalue weighted by Crippen LogP contribution is -2.66. The molecule has 1 amide bonds. The Morgan fingerprint density at radius 3 is 2.26 bits per heavy atom. The third-order valence-corrected chi connectivity index (χ3v) is 8.04. The Hall–Kier alpha value is -2.91. The van der Waals surface area contributed by atoms with E-state index in [1.54, 1.807) is 13.8 Å². The Labute approximate surface area is 194 Å². The van der Waals surface area contributed by atoms with Crippen LogP contribution in [0.2, 0.25) is 0 Å². The topological polar surface area (TPSA) is 135 Å². The van der Waals surface area contributed by atoms with Gasteiger partial charge in [0.25, 0.3) is 15.9 Å². The maximum Gasteiger partial charge on any atom is 0.421 e. The van der Waals surface area contributed by atoms with E-state index in [4.69, 9.17) is 5.73 Å². The van der Waals surface area contributed by atoms with Crippen LogP contribution in [0.15, 0.2) is 39.9 Å². The summed E-state index contributed by atoms with van der Waals surface area (Å²) in [5, 5.41) is 6.21. The fraction of sp³-hybridized carbons (Fsp3) is 0.368. The molecule has 1 unspecified atom stereocenters. The number of nitrogens with two attached hydrogens (primary N) is 1. The molecule has 15 heteroatoms. The Bertz CT molecular complexity index is 1340. The second-order valence-electron chi connectivity index (χ2n) is 8.64. The standard InChI is InChI=1S/C19H17F4N5O4S2/c1-17(2)7-11-13(12(29)8-17)18(19(21,22)23,27-34(31,32)16-26-25-15(24)33-16)14(30)28(11)10-5-3-9(20)4-6-10/h3-6,27H,7-8H2,1-2H3,(H2,24,25). The van der Waals surface area contributed by atoms with E-state index < -0.39 is 54.6 Å². The molecule has 0 radical (unpaired) electrons. The molecule has 2 heterocycles. The Morgan fingerprint density at radius 2 is 1.74 bits per heavy atom. The summed E-state index contributed by atoms with van der Waals surface area (Å²) in [5.41, 5.74) is -0.885. The van der Waals surface area contributed by atoms with Gasteiger partial charge in [0.05, 0.1) is 5.57 Å². The number of carbonyl (C=O) groups is 2. The quantitative estimate of drug-likeness (QED) is 0.593. The van der Waals surface area contributed by atoms with Gasteiger partial charge in [0, 0.05) is 17.8 Å². The van der Waals surface area contributed by atoms with Crippen molar-refractivity contribution in [3.8, 4) is 0 Å². The van der Waals surface area contributed by atoms with Gasteiger partial charge in [-0.1, -0.05) is 25.2 Å². The fourth-order valence-corrected chi connectivity index (χ4v) is 6.26. The molecule has 0 saturated heterocycles. The van der Waals surface area contributed by atoms with Gasteiger partial charge in [0.15, 0.2) is 5.78 Å². The van der Waals surface area contributed by atoms with Crippen LogP contribution in [0, 0.1) is 11.2 Å². The van der Waals surface area contributed by atoms with Crippen LogP contribution in [0.4, 0.5) is 28.4 Å². The second kappa shape index (κ2) is 7.55. The van der Waals surface area contributed by atoms with Crippen LogP contribution < -0.4 is 15.4 Å². The number of rotatable bonds is 4. The average Bonchev–Trinajstić information content (AvgIpc) is 3.22. The van der Waals surface area contributed by atoms with Gasteiger partial charge in [-0.2, -0.15) is 17.9 Å². The highest BCUT2D eigenvalue weighted by Crippen LogP contribution is 2.53. The summed E-state index contributed by atoms with van der Waals surface area (Å²) >= 11 is 0.287. The van der Waals surface area contributed by atoms with Gasteiger partial charge in [0.1, 0.15) is 5.82 Å². The molecule has 3 N–H and O–H groups in total. The summed E-state index contributed by atoms with van der Waals surface area (Å²) in [6.45, 7) is 3.26. The number of benzene rings is 1. The largest absolute Gasteiger partial charge is 0.421 e. The zero-order valence-corrected chi connectivity index (χ0v) is 19.2. The van der Waals surface area contributed by atoms with Gasteiger partial charge in [-0.05, 0) is 36.1 Å². The summed E-state index contributed by atoms with van der Waals surface area (Å²) in [5.74, 6) is -3.51. The molecule has 0 spiro atoms. The molecule has 34 heavy (non-hydrogen) atoms. The third kappa shape index (κ3) is 3.67. The van der Waals surface area contributed by atoms with Crippen molar-refractivity contribution in [2.45, 2.75) is 42.7 Å². The molecule has 1 aromatic heterocycles. The van der Waals surface area contributed by atoms with Crippen LogP contribution >= 0.6 is 11.3 Å². The number of nitrogens with one attached hydrogen (secondary N) is 1. The van der Waals surface area contributed by atoms with E-state index in [1.807, 2.05) is 0 Å². The van der Waals surface area contributed by atoms with Gasteiger partial charge in [-0.15, -0.1) is 10.2 Å². The molecule has 0 fully saturated rings. The lowest BCUT2D eigenvalue weighted by molar-refractivity contribution is -0.184. The van der Waals surface area contributed by atoms with Crippen LogP contribution in [-0.4, -0.2) is 42.0 Å². The van der Waals surface area contributed by atoms with Gasteiger partial charge in [-0.25, -0.2) is 12.8 Å². The number of ketones is 1. The minimum atomic E-state index is -5.57. The first kappa shape index (κ1) is 24.2. The molecule has 4 rings (SSSR count). The number of hydrogen-bond acceptors (Lipinski definition) is 8. The number of anilines is 2. The predicted molar refractivity (Wildman–Crippen MR) is 112 cm³/mol. The summed E-state index contributed by atoms with van der Waals surface area (Å²) in [6.07, 6.45) is -6.08. The van der Waals surface area contributed by atoms with Gasteiger partial charge < -0.3 is 5.73 Å². The zero-order chi connectivity index (χ0) is 25.3. The Balaban J connectivity index is 1.99. The number of halogens is 4. The molecule has 1 aromatic carbocycles. The maximum absolute atomic E-state index is 14.7. The van der Waals surface area contributed by atoms with E-state index in [-0.39, 0.29) is 40.7 Å². The summed E-state index contributed by atoms with van der Waals surface area (Å²) in [6, 6.07) is 3.99. The van der Waals surface area contributed by atoms with E-state index in [1.165, 1.54) is 4.72 Å². The lowest BCUT2D eigenvalue weighted by Gasteiger charge is -2.35. The Kier molecular flexibility index (Phi) is 5.38. The van der Waals surface area contributed by atoms with Crippen molar-refractivity contribution in [2.24, 2.45) is 5.41 Å². The molecule has 2 aliphatic rings. The van der Waals surface area contributed by atoms with Crippen molar-refractivity contribution in [3.63, 3.8) is 0 Å². The number of nitrogens with zero attached hydrogens (tertiary/aromatic N) is 3. The minimum absolute atomic E-state index is 0.150. The van der Waals surface area contributed by atoms with Crippen molar-refractivity contribution in [1.82, 2.24) is 14.9 Å². The van der Waals surface area contributed by atoms with Crippen molar-refractivity contribution in [3.05, 3.63) is 41.4 Å². The van der Waals surface area contributed by atoms with Crippen molar-refractivity contribution in [2.75, 3.05) is 10.6 Å². The molecular formula is C19H17F4N5O4S2. The number of hydrogen-bond donors (Lipinski definition) is 2. The van der Waals surface area contributed by atoms with Crippen molar-refractivity contribution < 1.29 is 35.6 Å². The number of carbonyl (C=O) groups excluding carboxylic acids is 2. The number of Topliss-reactive ketones (excluding diaryl/α,β-unsaturated/α-hetero) is 1. The predicted octanol–water partition coefficient (Wildman–Crippen LogP) is 2.53. The second-order valence-corrected chi connectivity index (χ2v) is 11.5. The van der Waals surface area contributed by atoms with E-state index in [2.05, 4.69) is 10.2 Å². The smallest absolute Gasteiger partial charge is 0.374 e. The summed E-state index contributed by atoms with van der Waals surface area (Å²) < 4.78 is 83.9. The lowest BCUT2D eigenvalue weighted by atomic mass is 9.72. The Morgan fingerprint density at radius 1 is 1.12 bits per heavy atom. The normalized spacial score (nSPS) is 22.9. The van der Waals surface area contributed by atoms with Gasteiger partial charge in [-0.3, -0.25) is 14.5 Å². The SMILES string of the molecule is CC1(C)CC(=O)C2=C(C1)N(c1ccc(F)cc1)C(=O)C2(NS(=O)(=O)c1nnc(N)s1)C(F)(F)F. The highest BCUT2D eigenvalue weighted by molar-refractivity contribution is 7.91. The highest BCUT2D eigenvalue weighted by Gasteiger charge is 2.72. The molecule has 1 aliphatic carbocycles. The number of amides is 1. The number of allylic oxidation sites excluding steroid dienone is 1. The van der Waals surface area contributed by atoms with Crippen LogP contribution in [-0.2, 0) is 19.6 Å². The molecule has 0 bridgehead atoms. The van der Waals surface area contributed by atoms with E-state index >= 15 is 0 Å². The molecule has 1 atom stereocenters. The van der Waals surface area contributed by atoms with Gasteiger partial charge in [0.2, 0.25) is 15.0 Å². The molecule has 0 saturated carbocycles. The number of aromatic nitrogens is 2. The van der Waals surface area contributed by atoms with Gasteiger partial charge >= 0.3 is 6.18 Å². The molecule has 182 valence electrons. The number of sulfonamides is 1. The first-order valence-corrected chi connectivity index (χ1v) is 12.0. The fourth-order valence-electron chi connectivity index (χ4n) is 4.15. The maximum atomic E-state index is 14.7. The van der Waals surface area contributed by atoms with Crippen molar-refractivity contribution in [1.29, 1.82) is 0 Å². The van der Waals surface area contributed by atoms with Crippen LogP contribution in [0.5, 0.6) is 0 Å². The zero-order valence-electron chi connectivity index (χ0n) is 17.6. The monoisotopic (exact) mass is 519 g/mol. The number of nitrogen functional groups attached to an aromatic ring is 1. The van der Waals surface area contributed by atoms with Crippen LogP contribution in [0.25, 0.3) is 0 Å². The van der Waals surface area contributed by atoms with E-state index in [0.717, 1.165) is 24.3 Å². The summed E-state index contributed by atoms with van der Waals surface area (Å²) in [7, 11) is -5.11. The molecule has 9 nitrogen and oxygen atoms in total. The molecular weight excluding hydrogens is 502 g/mol. The number of alkyl halides is 3. The summed E-state index contributed by atoms with van der Waals surface area (Å²) in [4.78, 5) is 27.2. The highest BCUT2D eigenvalue weighted by atomic mass is 32.2. The first-order chi connectivity index (χ1) is 15.6. The van der Waals surface area contributed by atoms with E-state index in [9.17, 15) is 35.6 Å². The van der Waals surface area contributed by atoms with Crippen LogP contribution in [0.3, 0.4) is 0 Å². The third-order valence-electron chi connectivity index (χ3n) is 5.47. The van der Waals surface area contributed by atoms with E-state index in [0.29, 0.717) is 4.90 Å². The van der Waals surface area contributed by atoms with Crippen LogP contribution in [0.1, 0.15) is 26.7 Å².